The SMILES string of the molecule is [CH2]OCC(F)(F)C(F)F. The van der Waals surface area contributed by atoms with Crippen LogP contribution in [-0.4, -0.2) is 19.0 Å². The van der Waals surface area contributed by atoms with E-state index in [0.717, 1.165) is 0 Å². The second-order valence-corrected chi connectivity index (χ2v) is 1.41. The van der Waals surface area contributed by atoms with Crippen molar-refractivity contribution in [1.29, 1.82) is 0 Å². The van der Waals surface area contributed by atoms with Crippen molar-refractivity contribution < 1.29 is 22.3 Å². The van der Waals surface area contributed by atoms with Crippen LogP contribution in [0, 0.1) is 7.11 Å². The van der Waals surface area contributed by atoms with Crippen molar-refractivity contribution >= 4 is 0 Å². The number of halogens is 4. The zero-order valence-corrected chi connectivity index (χ0v) is 4.41. The van der Waals surface area contributed by atoms with Crippen LogP contribution in [0.1, 0.15) is 0 Å². The average Bonchev–Trinajstić information content (AvgIpc) is 1.65. The fraction of sp³-hybridized carbons (Fsp3) is 0.750. The van der Waals surface area contributed by atoms with Gasteiger partial charge in [-0.3, -0.25) is 0 Å². The number of hydrogen-bond acceptors (Lipinski definition) is 1. The Bertz CT molecular complexity index is 82.6. The molecule has 1 nitrogen and oxygen atoms in total. The molecule has 0 amide bonds. The van der Waals surface area contributed by atoms with Crippen LogP contribution in [0.4, 0.5) is 17.6 Å². The summed E-state index contributed by atoms with van der Waals surface area (Å²) in [4.78, 5) is 0. The molecule has 0 unspecified atom stereocenters. The summed E-state index contributed by atoms with van der Waals surface area (Å²) in [6, 6.07) is 0. The van der Waals surface area contributed by atoms with E-state index >= 15 is 0 Å². The third kappa shape index (κ3) is 2.64. The first-order valence-corrected chi connectivity index (χ1v) is 2.03. The van der Waals surface area contributed by atoms with Crippen molar-refractivity contribution in [2.24, 2.45) is 0 Å². The molecule has 0 saturated carbocycles. The van der Waals surface area contributed by atoms with Crippen molar-refractivity contribution in [2.75, 3.05) is 6.61 Å². The molecule has 0 atom stereocenters. The maximum absolute atomic E-state index is 11.6. The maximum atomic E-state index is 11.6. The van der Waals surface area contributed by atoms with Gasteiger partial charge in [0.2, 0.25) is 0 Å². The largest absolute Gasteiger partial charge is 0.373 e. The minimum Gasteiger partial charge on any atom is -0.373 e. The summed E-state index contributed by atoms with van der Waals surface area (Å²) >= 11 is 0. The van der Waals surface area contributed by atoms with E-state index in [1.54, 1.807) is 0 Å². The predicted octanol–water partition coefficient (Wildman–Crippen LogP) is 1.69. The Balaban J connectivity index is 3.70. The lowest BCUT2D eigenvalue weighted by Crippen LogP contribution is -2.31. The Morgan fingerprint density at radius 1 is 1.44 bits per heavy atom. The monoisotopic (exact) mass is 145 g/mol. The molecule has 55 valence electrons. The first-order chi connectivity index (χ1) is 4.00. The Morgan fingerprint density at radius 2 is 1.89 bits per heavy atom. The van der Waals surface area contributed by atoms with Crippen molar-refractivity contribution in [3.63, 3.8) is 0 Å². The quantitative estimate of drug-likeness (QED) is 0.549. The molecule has 0 aliphatic rings. The van der Waals surface area contributed by atoms with Gasteiger partial charge in [0.1, 0.15) is 6.61 Å². The number of ether oxygens (including phenoxy) is 1. The van der Waals surface area contributed by atoms with Crippen LogP contribution in [0.3, 0.4) is 0 Å². The van der Waals surface area contributed by atoms with E-state index < -0.39 is 19.0 Å². The van der Waals surface area contributed by atoms with Gasteiger partial charge >= 0.3 is 12.3 Å². The number of alkyl halides is 4. The van der Waals surface area contributed by atoms with Crippen LogP contribution in [0.5, 0.6) is 0 Å². The smallest absolute Gasteiger partial charge is 0.330 e. The number of rotatable bonds is 3. The first-order valence-electron chi connectivity index (χ1n) is 2.03. The van der Waals surface area contributed by atoms with Crippen LogP contribution >= 0.6 is 0 Å². The summed E-state index contributed by atoms with van der Waals surface area (Å²) in [6.45, 7) is -1.34. The lowest BCUT2D eigenvalue weighted by molar-refractivity contribution is -0.155. The van der Waals surface area contributed by atoms with Gasteiger partial charge in [-0.15, -0.1) is 0 Å². The van der Waals surface area contributed by atoms with E-state index in [-0.39, 0.29) is 0 Å². The lowest BCUT2D eigenvalue weighted by Gasteiger charge is -2.12. The minimum atomic E-state index is -4.07. The molecule has 0 aromatic heterocycles. The van der Waals surface area contributed by atoms with E-state index in [1.807, 2.05) is 0 Å². The van der Waals surface area contributed by atoms with E-state index in [4.69, 9.17) is 0 Å². The molecule has 1 radical (unpaired) electrons. The highest BCUT2D eigenvalue weighted by Gasteiger charge is 2.40. The van der Waals surface area contributed by atoms with Gasteiger partial charge in [-0.2, -0.15) is 8.78 Å². The molecule has 0 aliphatic heterocycles. The highest BCUT2D eigenvalue weighted by atomic mass is 19.3. The molecule has 5 heteroatoms. The first kappa shape index (κ1) is 8.68. The van der Waals surface area contributed by atoms with E-state index in [0.29, 0.717) is 0 Å². The third-order valence-corrected chi connectivity index (χ3v) is 0.614. The fourth-order valence-corrected chi connectivity index (χ4v) is 0.199. The molecular formula is C4H5F4O. The summed E-state index contributed by atoms with van der Waals surface area (Å²) in [6.07, 6.45) is -3.68. The van der Waals surface area contributed by atoms with Crippen LogP contribution in [-0.2, 0) is 4.74 Å². The fourth-order valence-electron chi connectivity index (χ4n) is 0.199. The summed E-state index contributed by atoms with van der Waals surface area (Å²) < 4.78 is 49.1. The molecule has 0 spiro atoms. The molecule has 9 heavy (non-hydrogen) atoms. The standard InChI is InChI=1S/C4H5F4O/c1-9-2-4(7,8)3(5)6/h3H,1-2H2. The Kier molecular flexibility index (Phi) is 2.90. The molecule has 0 aromatic rings. The summed E-state index contributed by atoms with van der Waals surface area (Å²) in [5.74, 6) is -4.07. The Labute approximate surface area is 49.6 Å². The Hall–Kier alpha value is -0.320. The topological polar surface area (TPSA) is 9.23 Å². The summed E-state index contributed by atoms with van der Waals surface area (Å²) in [7, 11) is 2.54. The van der Waals surface area contributed by atoms with E-state index in [2.05, 4.69) is 11.8 Å². The van der Waals surface area contributed by atoms with Gasteiger partial charge in [-0.25, -0.2) is 8.78 Å². The normalized spacial score (nSPS) is 12.7. The highest BCUT2D eigenvalue weighted by molar-refractivity contribution is 4.67. The van der Waals surface area contributed by atoms with Crippen LogP contribution in [0.25, 0.3) is 0 Å². The maximum Gasteiger partial charge on any atom is 0.330 e. The minimum absolute atomic E-state index is 1.34. The van der Waals surface area contributed by atoms with E-state index in [9.17, 15) is 17.6 Å². The second-order valence-electron chi connectivity index (χ2n) is 1.41. The van der Waals surface area contributed by atoms with Crippen LogP contribution < -0.4 is 0 Å². The predicted molar refractivity (Wildman–Crippen MR) is 22.3 cm³/mol. The zero-order chi connectivity index (χ0) is 7.49. The summed E-state index contributed by atoms with van der Waals surface area (Å²) in [5, 5.41) is 0. The number of hydrogen-bond donors (Lipinski definition) is 0. The van der Waals surface area contributed by atoms with Gasteiger partial charge < -0.3 is 4.74 Å². The zero-order valence-electron chi connectivity index (χ0n) is 4.41. The molecule has 0 rings (SSSR count). The van der Waals surface area contributed by atoms with Gasteiger partial charge in [0.25, 0.3) is 0 Å². The molecule has 0 fully saturated rings. The van der Waals surface area contributed by atoms with Crippen molar-refractivity contribution in [3.8, 4) is 0 Å². The van der Waals surface area contributed by atoms with Gasteiger partial charge in [0.05, 0.1) is 7.11 Å². The van der Waals surface area contributed by atoms with Gasteiger partial charge in [-0.05, 0) is 0 Å². The molecular weight excluding hydrogens is 140 g/mol. The van der Waals surface area contributed by atoms with Crippen molar-refractivity contribution in [1.82, 2.24) is 0 Å². The molecule has 0 aliphatic carbocycles. The molecule has 0 heterocycles. The Morgan fingerprint density at radius 3 is 2.00 bits per heavy atom. The van der Waals surface area contributed by atoms with Gasteiger partial charge in [0, 0.05) is 0 Å². The van der Waals surface area contributed by atoms with Crippen LogP contribution in [0.15, 0.2) is 0 Å². The third-order valence-electron chi connectivity index (χ3n) is 0.614. The van der Waals surface area contributed by atoms with Gasteiger partial charge in [-0.1, -0.05) is 0 Å². The molecule has 0 saturated heterocycles. The second kappa shape index (κ2) is 3.00. The van der Waals surface area contributed by atoms with E-state index in [1.165, 1.54) is 0 Å². The van der Waals surface area contributed by atoms with Crippen molar-refractivity contribution in [3.05, 3.63) is 7.11 Å². The molecule has 0 bridgehead atoms. The molecule has 0 N–H and O–H groups in total. The highest BCUT2D eigenvalue weighted by Crippen LogP contribution is 2.22. The van der Waals surface area contributed by atoms with Gasteiger partial charge in [0.15, 0.2) is 0 Å². The summed E-state index contributed by atoms with van der Waals surface area (Å²) in [5.41, 5.74) is 0. The lowest BCUT2D eigenvalue weighted by atomic mass is 10.4. The average molecular weight is 145 g/mol. The van der Waals surface area contributed by atoms with Crippen molar-refractivity contribution in [2.45, 2.75) is 12.3 Å². The van der Waals surface area contributed by atoms with Crippen LogP contribution in [0.2, 0.25) is 0 Å². The molecule has 0 aromatic carbocycles.